The SMILES string of the molecule is Cc1cc(SCc2cccc(C(=O)O)n2)ccc1N. The van der Waals surface area contributed by atoms with E-state index in [0.29, 0.717) is 5.75 Å². The van der Waals surface area contributed by atoms with Gasteiger partial charge in [0.05, 0.1) is 5.69 Å². The molecule has 0 atom stereocenters. The van der Waals surface area contributed by atoms with Gasteiger partial charge in [-0.1, -0.05) is 6.07 Å². The number of aryl methyl sites for hydroxylation is 1. The number of carboxylic acid groups (broad SMARTS) is 1. The van der Waals surface area contributed by atoms with Gasteiger partial charge in [-0.2, -0.15) is 0 Å². The van der Waals surface area contributed by atoms with Crippen LogP contribution in [0.4, 0.5) is 5.69 Å². The Labute approximate surface area is 115 Å². The summed E-state index contributed by atoms with van der Waals surface area (Å²) >= 11 is 1.61. The second-order valence-electron chi connectivity index (χ2n) is 4.13. The van der Waals surface area contributed by atoms with E-state index < -0.39 is 5.97 Å². The Morgan fingerprint density at radius 1 is 1.37 bits per heavy atom. The predicted octanol–water partition coefficient (Wildman–Crippen LogP) is 2.96. The number of hydrogen-bond donors (Lipinski definition) is 2. The number of pyridine rings is 1. The quantitative estimate of drug-likeness (QED) is 0.662. The van der Waals surface area contributed by atoms with Crippen molar-refractivity contribution in [2.75, 3.05) is 5.73 Å². The van der Waals surface area contributed by atoms with Crippen molar-refractivity contribution in [2.24, 2.45) is 0 Å². The number of hydrogen-bond acceptors (Lipinski definition) is 4. The van der Waals surface area contributed by atoms with E-state index in [1.165, 1.54) is 6.07 Å². The summed E-state index contributed by atoms with van der Waals surface area (Å²) in [4.78, 5) is 16.0. The van der Waals surface area contributed by atoms with Crippen molar-refractivity contribution in [3.8, 4) is 0 Å². The number of anilines is 1. The highest BCUT2D eigenvalue weighted by Crippen LogP contribution is 2.25. The third-order valence-electron chi connectivity index (χ3n) is 2.65. The number of nitrogens with zero attached hydrogens (tertiary/aromatic N) is 1. The van der Waals surface area contributed by atoms with Crippen LogP contribution < -0.4 is 5.73 Å². The Morgan fingerprint density at radius 2 is 2.16 bits per heavy atom. The number of benzene rings is 1. The number of carbonyl (C=O) groups is 1. The van der Waals surface area contributed by atoms with Crippen molar-refractivity contribution in [3.63, 3.8) is 0 Å². The smallest absolute Gasteiger partial charge is 0.354 e. The van der Waals surface area contributed by atoms with Crippen LogP contribution >= 0.6 is 11.8 Å². The maximum Gasteiger partial charge on any atom is 0.354 e. The number of nitrogen functional groups attached to an aromatic ring is 1. The molecule has 0 aliphatic rings. The van der Waals surface area contributed by atoms with Gasteiger partial charge in [0, 0.05) is 16.3 Å². The molecule has 0 bridgehead atoms. The van der Waals surface area contributed by atoms with E-state index in [9.17, 15) is 4.79 Å². The van der Waals surface area contributed by atoms with E-state index in [2.05, 4.69) is 4.98 Å². The average molecular weight is 274 g/mol. The van der Waals surface area contributed by atoms with Crippen LogP contribution in [0.2, 0.25) is 0 Å². The molecule has 1 aromatic heterocycles. The minimum atomic E-state index is -1.00. The molecule has 19 heavy (non-hydrogen) atoms. The molecule has 1 heterocycles. The number of aromatic carboxylic acids is 1. The molecule has 0 unspecified atom stereocenters. The summed E-state index contributed by atoms with van der Waals surface area (Å²) in [6.07, 6.45) is 0. The van der Waals surface area contributed by atoms with E-state index in [4.69, 9.17) is 10.8 Å². The van der Waals surface area contributed by atoms with Crippen LogP contribution in [0.5, 0.6) is 0 Å². The zero-order chi connectivity index (χ0) is 13.8. The van der Waals surface area contributed by atoms with Gasteiger partial charge in [-0.25, -0.2) is 9.78 Å². The highest BCUT2D eigenvalue weighted by Gasteiger charge is 2.05. The highest BCUT2D eigenvalue weighted by atomic mass is 32.2. The summed E-state index contributed by atoms with van der Waals surface area (Å²) in [6, 6.07) is 10.9. The molecule has 98 valence electrons. The van der Waals surface area contributed by atoms with Crippen molar-refractivity contribution < 1.29 is 9.90 Å². The highest BCUT2D eigenvalue weighted by molar-refractivity contribution is 7.98. The first-order valence-corrected chi connectivity index (χ1v) is 6.73. The Kier molecular flexibility index (Phi) is 4.06. The number of aromatic nitrogens is 1. The first-order chi connectivity index (χ1) is 9.06. The minimum Gasteiger partial charge on any atom is -0.477 e. The zero-order valence-electron chi connectivity index (χ0n) is 10.5. The van der Waals surface area contributed by atoms with Gasteiger partial charge in [0.1, 0.15) is 5.69 Å². The first kappa shape index (κ1) is 13.4. The maximum absolute atomic E-state index is 10.8. The van der Waals surface area contributed by atoms with Crippen LogP contribution in [0, 0.1) is 6.92 Å². The molecule has 3 N–H and O–H groups in total. The average Bonchev–Trinajstić information content (AvgIpc) is 2.40. The Hall–Kier alpha value is -2.01. The molecule has 0 spiro atoms. The second kappa shape index (κ2) is 5.75. The fourth-order valence-electron chi connectivity index (χ4n) is 1.57. The topological polar surface area (TPSA) is 76.2 Å². The molecule has 0 aliphatic heterocycles. The number of carboxylic acids is 1. The normalized spacial score (nSPS) is 10.4. The summed E-state index contributed by atoms with van der Waals surface area (Å²) in [5.41, 5.74) is 8.40. The van der Waals surface area contributed by atoms with Gasteiger partial charge in [0.2, 0.25) is 0 Å². The van der Waals surface area contributed by atoms with E-state index >= 15 is 0 Å². The van der Waals surface area contributed by atoms with Crippen molar-refractivity contribution in [3.05, 3.63) is 53.3 Å². The zero-order valence-corrected chi connectivity index (χ0v) is 11.3. The third-order valence-corrected chi connectivity index (χ3v) is 3.68. The molecule has 0 saturated heterocycles. The van der Waals surface area contributed by atoms with Gasteiger partial charge >= 0.3 is 5.97 Å². The van der Waals surface area contributed by atoms with Crippen molar-refractivity contribution in [2.45, 2.75) is 17.6 Å². The monoisotopic (exact) mass is 274 g/mol. The van der Waals surface area contributed by atoms with Gasteiger partial charge in [-0.15, -0.1) is 11.8 Å². The van der Waals surface area contributed by atoms with E-state index in [1.54, 1.807) is 17.8 Å². The molecule has 1 aromatic carbocycles. The maximum atomic E-state index is 10.8. The molecule has 0 amide bonds. The molecular formula is C14H14N2O2S. The molecule has 4 nitrogen and oxygen atoms in total. The van der Waals surface area contributed by atoms with Crippen molar-refractivity contribution in [1.29, 1.82) is 0 Å². The fourth-order valence-corrected chi connectivity index (χ4v) is 2.47. The molecule has 0 fully saturated rings. The largest absolute Gasteiger partial charge is 0.477 e. The molecule has 0 radical (unpaired) electrons. The molecule has 5 heteroatoms. The van der Waals surface area contributed by atoms with Crippen LogP contribution in [0.15, 0.2) is 41.3 Å². The van der Waals surface area contributed by atoms with Crippen LogP contribution in [-0.4, -0.2) is 16.1 Å². The lowest BCUT2D eigenvalue weighted by molar-refractivity contribution is 0.0690. The summed E-state index contributed by atoms with van der Waals surface area (Å²) in [5.74, 6) is -0.375. The number of thioether (sulfide) groups is 1. The van der Waals surface area contributed by atoms with Crippen LogP contribution in [0.1, 0.15) is 21.7 Å². The van der Waals surface area contributed by atoms with Gasteiger partial charge < -0.3 is 10.8 Å². The third kappa shape index (κ3) is 3.48. The van der Waals surface area contributed by atoms with E-state index in [-0.39, 0.29) is 5.69 Å². The van der Waals surface area contributed by atoms with Crippen molar-refractivity contribution >= 4 is 23.4 Å². The van der Waals surface area contributed by atoms with Crippen LogP contribution in [0.3, 0.4) is 0 Å². The lowest BCUT2D eigenvalue weighted by Gasteiger charge is -2.05. The predicted molar refractivity (Wildman–Crippen MR) is 76.3 cm³/mol. The number of rotatable bonds is 4. The lowest BCUT2D eigenvalue weighted by Crippen LogP contribution is -2.01. The van der Waals surface area contributed by atoms with E-state index in [1.807, 2.05) is 31.2 Å². The lowest BCUT2D eigenvalue weighted by atomic mass is 10.2. The second-order valence-corrected chi connectivity index (χ2v) is 5.18. The van der Waals surface area contributed by atoms with Crippen molar-refractivity contribution in [1.82, 2.24) is 4.98 Å². The first-order valence-electron chi connectivity index (χ1n) is 5.74. The standard InChI is InChI=1S/C14H14N2O2S/c1-9-7-11(5-6-12(9)15)19-8-10-3-2-4-13(16-10)14(17)18/h2-7H,8,15H2,1H3,(H,17,18). The van der Waals surface area contributed by atoms with Gasteiger partial charge in [-0.05, 0) is 42.8 Å². The molecule has 2 aromatic rings. The Bertz CT molecular complexity index is 614. The van der Waals surface area contributed by atoms with Crippen LogP contribution in [-0.2, 0) is 5.75 Å². The number of nitrogens with two attached hydrogens (primary N) is 1. The van der Waals surface area contributed by atoms with Gasteiger partial charge in [-0.3, -0.25) is 0 Å². The molecule has 0 aliphatic carbocycles. The molecular weight excluding hydrogens is 260 g/mol. The summed E-state index contributed by atoms with van der Waals surface area (Å²) < 4.78 is 0. The minimum absolute atomic E-state index is 0.0755. The Balaban J connectivity index is 2.07. The summed E-state index contributed by atoms with van der Waals surface area (Å²) in [7, 11) is 0. The van der Waals surface area contributed by atoms with Crippen LogP contribution in [0.25, 0.3) is 0 Å². The summed E-state index contributed by atoms with van der Waals surface area (Å²) in [5, 5.41) is 8.88. The fraction of sp³-hybridized carbons (Fsp3) is 0.143. The van der Waals surface area contributed by atoms with Gasteiger partial charge in [0.15, 0.2) is 0 Å². The Morgan fingerprint density at radius 3 is 2.84 bits per heavy atom. The van der Waals surface area contributed by atoms with Gasteiger partial charge in [0.25, 0.3) is 0 Å². The molecule has 0 saturated carbocycles. The molecule has 2 rings (SSSR count). The van der Waals surface area contributed by atoms with E-state index in [0.717, 1.165) is 21.8 Å². The summed E-state index contributed by atoms with van der Waals surface area (Å²) in [6.45, 7) is 1.96.